The molecule has 0 heteroatoms. The monoisotopic (exact) mass is 258 g/mol. The third-order valence-electron chi connectivity index (χ3n) is 2.95. The van der Waals surface area contributed by atoms with Crippen LogP contribution in [0.15, 0.2) is 60.7 Å². The van der Waals surface area contributed by atoms with Crippen LogP contribution in [0.25, 0.3) is 0 Å². The number of benzene rings is 2. The largest absolute Gasteiger partial charge is 0.0978 e. The first-order valence-corrected chi connectivity index (χ1v) is 6.95. The Kier molecular flexibility index (Phi) is 5.51. The van der Waals surface area contributed by atoms with Gasteiger partial charge in [0.1, 0.15) is 0 Å². The molecule has 0 aliphatic rings. The molecule has 0 nitrogen and oxygen atoms in total. The molecule has 2 rings (SSSR count). The third kappa shape index (κ3) is 5.05. The maximum atomic E-state index is 3.28. The topological polar surface area (TPSA) is 0 Å². The van der Waals surface area contributed by atoms with Crippen LogP contribution in [0, 0.1) is 29.6 Å². The molecule has 0 aliphatic carbocycles. The molecule has 0 fully saturated rings. The fourth-order valence-electron chi connectivity index (χ4n) is 1.77. The lowest BCUT2D eigenvalue weighted by Crippen LogP contribution is -1.89. The molecule has 0 aromatic heterocycles. The van der Waals surface area contributed by atoms with Crippen LogP contribution >= 0.6 is 0 Å². The minimum Gasteiger partial charge on any atom is -0.0978 e. The molecular weight excluding hydrogens is 240 g/mol. The number of rotatable bonds is 2. The maximum absolute atomic E-state index is 3.28. The molecule has 20 heavy (non-hydrogen) atoms. The molecule has 0 aliphatic heterocycles. The highest BCUT2D eigenvalue weighted by atomic mass is 14.0. The van der Waals surface area contributed by atoms with Crippen molar-refractivity contribution < 1.29 is 0 Å². The Morgan fingerprint density at radius 1 is 0.800 bits per heavy atom. The van der Waals surface area contributed by atoms with Gasteiger partial charge in [0.15, 0.2) is 0 Å². The van der Waals surface area contributed by atoms with Gasteiger partial charge >= 0.3 is 0 Å². The van der Waals surface area contributed by atoms with Crippen LogP contribution in [0.3, 0.4) is 0 Å². The second kappa shape index (κ2) is 7.88. The summed E-state index contributed by atoms with van der Waals surface area (Å²) >= 11 is 0. The van der Waals surface area contributed by atoms with Crippen LogP contribution in [0.1, 0.15) is 30.9 Å². The van der Waals surface area contributed by atoms with Gasteiger partial charge in [0, 0.05) is 23.5 Å². The summed E-state index contributed by atoms with van der Waals surface area (Å²) in [7, 11) is 0. The Bertz CT molecular complexity index is 630. The van der Waals surface area contributed by atoms with Gasteiger partial charge in [-0.05, 0) is 30.7 Å². The number of hydrogen-bond donors (Lipinski definition) is 0. The lowest BCUT2D eigenvalue weighted by atomic mass is 10.1. The van der Waals surface area contributed by atoms with Gasteiger partial charge in [0.05, 0.1) is 0 Å². The minimum atomic E-state index is 0.375. The summed E-state index contributed by atoms with van der Waals surface area (Å²) < 4.78 is 0. The molecule has 0 saturated carbocycles. The normalized spacial score (nSPS) is 10.7. The van der Waals surface area contributed by atoms with Crippen molar-refractivity contribution in [2.45, 2.75) is 19.8 Å². The molecule has 2 aromatic rings. The van der Waals surface area contributed by atoms with Crippen LogP contribution in [0.5, 0.6) is 0 Å². The highest BCUT2D eigenvalue weighted by Crippen LogP contribution is 2.04. The predicted octanol–water partition coefficient (Wildman–Crippen LogP) is 4.51. The van der Waals surface area contributed by atoms with Gasteiger partial charge < -0.3 is 0 Å². The summed E-state index contributed by atoms with van der Waals surface area (Å²) in [6.45, 7) is 2.15. The highest BCUT2D eigenvalue weighted by Gasteiger charge is 1.94. The Labute approximate surface area is 121 Å². The van der Waals surface area contributed by atoms with Crippen molar-refractivity contribution in [2.24, 2.45) is 5.92 Å². The van der Waals surface area contributed by atoms with Gasteiger partial charge in [-0.2, -0.15) is 0 Å². The Morgan fingerprint density at radius 3 is 1.95 bits per heavy atom. The van der Waals surface area contributed by atoms with E-state index in [0.29, 0.717) is 5.92 Å². The highest BCUT2D eigenvalue weighted by molar-refractivity contribution is 5.35. The SMILES string of the molecule is CC(C#Cc1ccccc1)CCC#Cc1ccccc1. The first kappa shape index (κ1) is 14.0. The molecule has 1 unspecified atom stereocenters. The van der Waals surface area contributed by atoms with Crippen LogP contribution < -0.4 is 0 Å². The Balaban J connectivity index is 1.81. The van der Waals surface area contributed by atoms with Crippen LogP contribution in [0.2, 0.25) is 0 Å². The summed E-state index contributed by atoms with van der Waals surface area (Å²) in [5.74, 6) is 13.2. The van der Waals surface area contributed by atoms with Gasteiger partial charge in [0.25, 0.3) is 0 Å². The van der Waals surface area contributed by atoms with Crippen molar-refractivity contribution in [1.29, 1.82) is 0 Å². The van der Waals surface area contributed by atoms with E-state index in [-0.39, 0.29) is 0 Å². The Morgan fingerprint density at radius 2 is 1.35 bits per heavy atom. The molecule has 2 aromatic carbocycles. The Hall–Kier alpha value is -2.44. The summed E-state index contributed by atoms with van der Waals surface area (Å²) in [6, 6.07) is 20.2. The van der Waals surface area contributed by atoms with Crippen LogP contribution in [0.4, 0.5) is 0 Å². The molecule has 98 valence electrons. The summed E-state index contributed by atoms with van der Waals surface area (Å²) in [5, 5.41) is 0. The predicted molar refractivity (Wildman–Crippen MR) is 85.0 cm³/mol. The second-order valence-corrected chi connectivity index (χ2v) is 4.74. The van der Waals surface area contributed by atoms with Crippen molar-refractivity contribution in [2.75, 3.05) is 0 Å². The molecule has 0 amide bonds. The molecule has 0 radical (unpaired) electrons. The minimum absolute atomic E-state index is 0.375. The third-order valence-corrected chi connectivity index (χ3v) is 2.95. The first-order chi connectivity index (χ1) is 9.84. The van der Waals surface area contributed by atoms with Crippen molar-refractivity contribution >= 4 is 0 Å². The quantitative estimate of drug-likeness (QED) is 0.695. The van der Waals surface area contributed by atoms with Gasteiger partial charge in [-0.15, -0.1) is 0 Å². The average Bonchev–Trinajstić information content (AvgIpc) is 2.52. The van der Waals surface area contributed by atoms with E-state index in [1.807, 2.05) is 60.7 Å². The smallest absolute Gasteiger partial charge is 0.0245 e. The molecular formula is C20H18. The molecule has 1 atom stereocenters. The van der Waals surface area contributed by atoms with Crippen molar-refractivity contribution in [3.63, 3.8) is 0 Å². The van der Waals surface area contributed by atoms with Crippen molar-refractivity contribution in [3.05, 3.63) is 71.8 Å². The lowest BCUT2D eigenvalue weighted by molar-refractivity contribution is 0.687. The zero-order chi connectivity index (χ0) is 14.0. The van der Waals surface area contributed by atoms with Gasteiger partial charge in [-0.1, -0.05) is 67.0 Å². The van der Waals surface area contributed by atoms with Gasteiger partial charge in [-0.25, -0.2) is 0 Å². The van der Waals surface area contributed by atoms with E-state index in [1.54, 1.807) is 0 Å². The summed E-state index contributed by atoms with van der Waals surface area (Å²) in [4.78, 5) is 0. The van der Waals surface area contributed by atoms with E-state index >= 15 is 0 Å². The van der Waals surface area contributed by atoms with E-state index in [4.69, 9.17) is 0 Å². The van der Waals surface area contributed by atoms with E-state index in [9.17, 15) is 0 Å². The van der Waals surface area contributed by atoms with Gasteiger partial charge in [-0.3, -0.25) is 0 Å². The van der Waals surface area contributed by atoms with E-state index in [0.717, 1.165) is 24.0 Å². The molecule has 0 bridgehead atoms. The van der Waals surface area contributed by atoms with Gasteiger partial charge in [0.2, 0.25) is 0 Å². The van der Waals surface area contributed by atoms with E-state index < -0.39 is 0 Å². The average molecular weight is 258 g/mol. The van der Waals surface area contributed by atoms with Crippen molar-refractivity contribution in [3.8, 4) is 23.7 Å². The fourth-order valence-corrected chi connectivity index (χ4v) is 1.77. The standard InChI is InChI=1S/C20H18/c1-18(16-17-20-13-6-3-7-14-20)10-8-9-15-19-11-4-2-5-12-19/h2-7,11-14,18H,8,10H2,1H3. The van der Waals surface area contributed by atoms with E-state index in [1.165, 1.54) is 0 Å². The lowest BCUT2D eigenvalue weighted by Gasteiger charge is -1.98. The summed E-state index contributed by atoms with van der Waals surface area (Å²) in [6.07, 6.45) is 1.90. The molecule has 0 N–H and O–H groups in total. The van der Waals surface area contributed by atoms with Crippen LogP contribution in [-0.4, -0.2) is 0 Å². The zero-order valence-corrected chi connectivity index (χ0v) is 11.8. The zero-order valence-electron chi connectivity index (χ0n) is 11.8. The van der Waals surface area contributed by atoms with E-state index in [2.05, 4.69) is 30.6 Å². The molecule has 0 heterocycles. The molecule has 0 spiro atoms. The maximum Gasteiger partial charge on any atom is 0.0245 e. The van der Waals surface area contributed by atoms with Crippen molar-refractivity contribution in [1.82, 2.24) is 0 Å². The first-order valence-electron chi connectivity index (χ1n) is 6.95. The van der Waals surface area contributed by atoms with Crippen LogP contribution in [-0.2, 0) is 0 Å². The summed E-state index contributed by atoms with van der Waals surface area (Å²) in [5.41, 5.74) is 2.16. The number of hydrogen-bond acceptors (Lipinski definition) is 0. The second-order valence-electron chi connectivity index (χ2n) is 4.74. The molecule has 0 saturated heterocycles. The fraction of sp³-hybridized carbons (Fsp3) is 0.200.